The molecule has 0 saturated heterocycles. The Kier molecular flexibility index (Phi) is 5.09. The van der Waals surface area contributed by atoms with Crippen LogP contribution in [0.3, 0.4) is 0 Å². The molecule has 0 aliphatic heterocycles. The van der Waals surface area contributed by atoms with E-state index in [2.05, 4.69) is 4.98 Å². The van der Waals surface area contributed by atoms with Crippen LogP contribution in [0, 0.1) is 6.92 Å². The molecule has 2 N–H and O–H groups in total. The molecule has 1 heterocycles. The molecule has 94 valence electrons. The highest BCUT2D eigenvalue weighted by molar-refractivity contribution is 7.80. The summed E-state index contributed by atoms with van der Waals surface area (Å²) < 4.78 is 6.61. The third-order valence-corrected chi connectivity index (χ3v) is 2.54. The maximum Gasteiger partial charge on any atom is 0.299 e. The Labute approximate surface area is 106 Å². The summed E-state index contributed by atoms with van der Waals surface area (Å²) in [5.74, 6) is 0. The van der Waals surface area contributed by atoms with Crippen LogP contribution < -0.4 is 16.0 Å². The van der Waals surface area contributed by atoms with Gasteiger partial charge in [-0.05, 0) is 26.2 Å². The van der Waals surface area contributed by atoms with E-state index in [1.807, 2.05) is 0 Å². The highest BCUT2D eigenvalue weighted by Gasteiger charge is 2.06. The van der Waals surface area contributed by atoms with E-state index >= 15 is 0 Å². The van der Waals surface area contributed by atoms with E-state index in [9.17, 15) is 4.79 Å². The molecule has 5 nitrogen and oxygen atoms in total. The average molecular weight is 255 g/mol. The van der Waals surface area contributed by atoms with E-state index in [-0.39, 0.29) is 5.56 Å². The van der Waals surface area contributed by atoms with E-state index in [1.165, 1.54) is 17.7 Å². The predicted octanol–water partition coefficient (Wildman–Crippen LogP) is 1.02. The topological polar surface area (TPSA) is 70.1 Å². The van der Waals surface area contributed by atoms with Gasteiger partial charge in [0, 0.05) is 18.3 Å². The zero-order chi connectivity index (χ0) is 12.8. The smallest absolute Gasteiger partial charge is 0.299 e. The fourth-order valence-electron chi connectivity index (χ4n) is 1.53. The largest absolute Gasteiger partial charge is 0.468 e. The molecule has 0 spiro atoms. The molecule has 0 saturated carbocycles. The number of rotatable bonds is 6. The van der Waals surface area contributed by atoms with Gasteiger partial charge in [-0.15, -0.1) is 0 Å². The summed E-state index contributed by atoms with van der Waals surface area (Å²) in [6.07, 6.45) is 2.38. The first kappa shape index (κ1) is 13.6. The summed E-state index contributed by atoms with van der Waals surface area (Å²) >= 11 is 4.79. The number of aryl methyl sites for hydroxylation is 1. The van der Waals surface area contributed by atoms with Crippen molar-refractivity contribution in [2.75, 3.05) is 7.11 Å². The van der Waals surface area contributed by atoms with Gasteiger partial charge in [-0.2, -0.15) is 0 Å². The SMILES string of the molecule is COc1nc(C)cc(=O)n1CCCCC(N)=S. The summed E-state index contributed by atoms with van der Waals surface area (Å²) in [5.41, 5.74) is 5.97. The summed E-state index contributed by atoms with van der Waals surface area (Å²) in [6, 6.07) is 1.85. The molecule has 17 heavy (non-hydrogen) atoms. The molecule has 1 aromatic heterocycles. The normalized spacial score (nSPS) is 10.2. The maximum atomic E-state index is 11.7. The lowest BCUT2D eigenvalue weighted by atomic mass is 10.2. The molecular weight excluding hydrogens is 238 g/mol. The van der Waals surface area contributed by atoms with Crippen LogP contribution in [-0.4, -0.2) is 21.6 Å². The minimum absolute atomic E-state index is 0.0929. The van der Waals surface area contributed by atoms with Crippen molar-refractivity contribution in [2.24, 2.45) is 5.73 Å². The average Bonchev–Trinajstić information content (AvgIpc) is 2.25. The van der Waals surface area contributed by atoms with Gasteiger partial charge in [-0.1, -0.05) is 12.2 Å². The first-order chi connectivity index (χ1) is 8.04. The van der Waals surface area contributed by atoms with E-state index in [0.717, 1.165) is 12.8 Å². The van der Waals surface area contributed by atoms with Gasteiger partial charge in [0.05, 0.1) is 12.1 Å². The lowest BCUT2D eigenvalue weighted by Crippen LogP contribution is -2.23. The Morgan fingerprint density at radius 2 is 2.29 bits per heavy atom. The van der Waals surface area contributed by atoms with Gasteiger partial charge >= 0.3 is 0 Å². The van der Waals surface area contributed by atoms with Crippen LogP contribution >= 0.6 is 12.2 Å². The Morgan fingerprint density at radius 1 is 1.59 bits per heavy atom. The Balaban J connectivity index is 2.70. The van der Waals surface area contributed by atoms with Crippen LogP contribution in [0.2, 0.25) is 0 Å². The molecule has 0 aromatic carbocycles. The van der Waals surface area contributed by atoms with Crippen LogP contribution in [0.5, 0.6) is 6.01 Å². The number of thiocarbonyl (C=S) groups is 1. The molecule has 0 atom stereocenters. The first-order valence-electron chi connectivity index (χ1n) is 5.45. The number of nitrogens with zero attached hydrogens (tertiary/aromatic N) is 2. The molecule has 0 radical (unpaired) electrons. The minimum Gasteiger partial charge on any atom is -0.468 e. The fourth-order valence-corrected chi connectivity index (χ4v) is 1.67. The summed E-state index contributed by atoms with van der Waals surface area (Å²) in [6.45, 7) is 2.33. The molecule has 1 aromatic rings. The molecule has 1 rings (SSSR count). The summed E-state index contributed by atoms with van der Waals surface area (Å²) in [5, 5.41) is 0. The quantitative estimate of drug-likeness (QED) is 0.607. The monoisotopic (exact) mass is 255 g/mol. The third-order valence-electron chi connectivity index (χ3n) is 2.34. The number of hydrogen-bond acceptors (Lipinski definition) is 4. The zero-order valence-corrected chi connectivity index (χ0v) is 10.9. The van der Waals surface area contributed by atoms with Crippen LogP contribution in [-0.2, 0) is 6.54 Å². The molecule has 0 bridgehead atoms. The van der Waals surface area contributed by atoms with Crippen LogP contribution in [0.25, 0.3) is 0 Å². The molecule has 0 amide bonds. The van der Waals surface area contributed by atoms with Crippen molar-refractivity contribution in [3.63, 3.8) is 0 Å². The second kappa shape index (κ2) is 6.34. The van der Waals surface area contributed by atoms with Crippen LogP contribution in [0.4, 0.5) is 0 Å². The fraction of sp³-hybridized carbons (Fsp3) is 0.545. The van der Waals surface area contributed by atoms with Gasteiger partial charge in [0.25, 0.3) is 11.6 Å². The van der Waals surface area contributed by atoms with Crippen molar-refractivity contribution in [1.82, 2.24) is 9.55 Å². The molecule has 0 unspecified atom stereocenters. The number of unbranched alkanes of at least 4 members (excludes halogenated alkanes) is 1. The number of aromatic nitrogens is 2. The zero-order valence-electron chi connectivity index (χ0n) is 10.1. The highest BCUT2D eigenvalue weighted by Crippen LogP contribution is 2.07. The van der Waals surface area contributed by atoms with Crippen molar-refractivity contribution in [3.8, 4) is 6.01 Å². The standard InChI is InChI=1S/C11H17N3O2S/c1-8-7-10(15)14(11(13-8)16-2)6-4-3-5-9(12)17/h7H,3-6H2,1-2H3,(H2,12,17). The second-order valence-electron chi connectivity index (χ2n) is 3.80. The summed E-state index contributed by atoms with van der Waals surface area (Å²) in [7, 11) is 1.51. The van der Waals surface area contributed by atoms with Gasteiger partial charge in [0.15, 0.2) is 0 Å². The molecule has 0 aliphatic carbocycles. The van der Waals surface area contributed by atoms with Crippen LogP contribution in [0.1, 0.15) is 25.0 Å². The van der Waals surface area contributed by atoms with Crippen molar-refractivity contribution in [3.05, 3.63) is 22.1 Å². The first-order valence-corrected chi connectivity index (χ1v) is 5.86. The Hall–Kier alpha value is -1.43. The van der Waals surface area contributed by atoms with Crippen molar-refractivity contribution in [2.45, 2.75) is 32.7 Å². The number of ether oxygens (including phenoxy) is 1. The van der Waals surface area contributed by atoms with Crippen molar-refractivity contribution >= 4 is 17.2 Å². The van der Waals surface area contributed by atoms with Gasteiger partial charge in [0.1, 0.15) is 0 Å². The van der Waals surface area contributed by atoms with E-state index in [1.54, 1.807) is 6.92 Å². The van der Waals surface area contributed by atoms with Crippen molar-refractivity contribution < 1.29 is 4.74 Å². The molecule has 0 aliphatic rings. The Bertz CT molecular complexity index is 457. The van der Waals surface area contributed by atoms with Crippen LogP contribution in [0.15, 0.2) is 10.9 Å². The van der Waals surface area contributed by atoms with Gasteiger partial charge in [-0.3, -0.25) is 9.36 Å². The van der Waals surface area contributed by atoms with E-state index < -0.39 is 0 Å². The number of methoxy groups -OCH3 is 1. The Morgan fingerprint density at radius 3 is 2.88 bits per heavy atom. The summed E-state index contributed by atoms with van der Waals surface area (Å²) in [4.78, 5) is 16.4. The number of hydrogen-bond donors (Lipinski definition) is 1. The second-order valence-corrected chi connectivity index (χ2v) is 4.32. The van der Waals surface area contributed by atoms with Crippen molar-refractivity contribution in [1.29, 1.82) is 0 Å². The molecule has 0 fully saturated rings. The van der Waals surface area contributed by atoms with E-state index in [4.69, 9.17) is 22.7 Å². The predicted molar refractivity (Wildman–Crippen MR) is 70.4 cm³/mol. The lowest BCUT2D eigenvalue weighted by Gasteiger charge is -2.10. The number of nitrogens with two attached hydrogens (primary N) is 1. The van der Waals surface area contributed by atoms with Gasteiger partial charge in [-0.25, -0.2) is 4.98 Å². The highest BCUT2D eigenvalue weighted by atomic mass is 32.1. The maximum absolute atomic E-state index is 11.7. The molecule has 6 heteroatoms. The minimum atomic E-state index is -0.0929. The van der Waals surface area contributed by atoms with Gasteiger partial charge < -0.3 is 10.5 Å². The molecular formula is C11H17N3O2S. The third kappa shape index (κ3) is 4.14. The van der Waals surface area contributed by atoms with Gasteiger partial charge in [0.2, 0.25) is 0 Å². The van der Waals surface area contributed by atoms with E-state index in [0.29, 0.717) is 29.7 Å². The lowest BCUT2D eigenvalue weighted by molar-refractivity contribution is 0.341.